The van der Waals surface area contributed by atoms with Crippen LogP contribution in [0.25, 0.3) is 10.9 Å². The lowest BCUT2D eigenvalue weighted by atomic mass is 10.2. The number of para-hydroxylation sites is 2. The van der Waals surface area contributed by atoms with E-state index in [0.717, 1.165) is 5.39 Å². The Morgan fingerprint density at radius 3 is 2.93 bits per heavy atom. The maximum absolute atomic E-state index is 12.1. The van der Waals surface area contributed by atoms with Gasteiger partial charge in [-0.15, -0.1) is 0 Å². The van der Waals surface area contributed by atoms with Crippen LogP contribution in [-0.4, -0.2) is 36.8 Å². The zero-order valence-corrected chi connectivity index (χ0v) is 15.1. The number of hydrogen-bond donors (Lipinski definition) is 1. The van der Waals surface area contributed by atoms with Gasteiger partial charge in [0.25, 0.3) is 5.91 Å². The number of hydrogen-bond acceptors (Lipinski definition) is 5. The first kappa shape index (κ1) is 17.4. The lowest BCUT2D eigenvalue weighted by Gasteiger charge is -2.26. The lowest BCUT2D eigenvalue weighted by molar-refractivity contribution is -0.123. The van der Waals surface area contributed by atoms with Gasteiger partial charge in [0.05, 0.1) is 11.6 Å². The molecule has 2 heterocycles. The summed E-state index contributed by atoms with van der Waals surface area (Å²) in [4.78, 5) is 16.4. The molecule has 1 amide bonds. The fourth-order valence-electron chi connectivity index (χ4n) is 2.81. The molecule has 1 aliphatic rings. The van der Waals surface area contributed by atoms with Crippen molar-refractivity contribution in [1.29, 1.82) is 0 Å². The van der Waals surface area contributed by atoms with Crippen LogP contribution in [0.5, 0.6) is 17.2 Å². The van der Waals surface area contributed by atoms with E-state index >= 15 is 0 Å². The van der Waals surface area contributed by atoms with Crippen LogP contribution in [0.2, 0.25) is 5.02 Å². The molecule has 0 aliphatic carbocycles. The Hall–Kier alpha value is -2.99. The predicted octanol–water partition coefficient (Wildman–Crippen LogP) is 3.22. The van der Waals surface area contributed by atoms with Gasteiger partial charge < -0.3 is 19.5 Å². The van der Waals surface area contributed by atoms with Crippen molar-refractivity contribution in [2.45, 2.75) is 6.10 Å². The van der Waals surface area contributed by atoms with E-state index in [9.17, 15) is 4.79 Å². The Morgan fingerprint density at radius 2 is 2.04 bits per heavy atom. The first-order valence-corrected chi connectivity index (χ1v) is 8.90. The maximum atomic E-state index is 12.1. The molecule has 27 heavy (non-hydrogen) atoms. The molecular formula is C20H17ClN2O4. The van der Waals surface area contributed by atoms with Crippen LogP contribution in [0.15, 0.2) is 54.7 Å². The van der Waals surface area contributed by atoms with Crippen molar-refractivity contribution in [1.82, 2.24) is 10.3 Å². The van der Waals surface area contributed by atoms with Crippen molar-refractivity contribution in [2.24, 2.45) is 0 Å². The summed E-state index contributed by atoms with van der Waals surface area (Å²) in [5.74, 6) is 1.65. The van der Waals surface area contributed by atoms with E-state index in [4.69, 9.17) is 25.8 Å². The number of halogens is 1. The highest BCUT2D eigenvalue weighted by molar-refractivity contribution is 6.35. The van der Waals surface area contributed by atoms with Crippen molar-refractivity contribution < 1.29 is 19.0 Å². The zero-order valence-electron chi connectivity index (χ0n) is 14.4. The largest absolute Gasteiger partial charge is 0.486 e. The first-order chi connectivity index (χ1) is 13.2. The van der Waals surface area contributed by atoms with Crippen LogP contribution in [0.4, 0.5) is 0 Å². The van der Waals surface area contributed by atoms with Gasteiger partial charge in [0.2, 0.25) is 0 Å². The standard InChI is InChI=1S/C20H17ClN2O4/c21-15-7-8-18(20-14(15)4-3-9-22-20)26-12-19(24)23-10-13-11-25-16-5-1-2-6-17(16)27-13/h1-9,13H,10-12H2,(H,23,24). The van der Waals surface area contributed by atoms with Gasteiger partial charge >= 0.3 is 0 Å². The van der Waals surface area contributed by atoms with E-state index in [1.807, 2.05) is 30.3 Å². The molecule has 2 aromatic carbocycles. The minimum atomic E-state index is -0.253. The van der Waals surface area contributed by atoms with Crippen LogP contribution >= 0.6 is 11.6 Å². The van der Waals surface area contributed by atoms with Crippen molar-refractivity contribution in [3.63, 3.8) is 0 Å². The zero-order chi connectivity index (χ0) is 18.6. The topological polar surface area (TPSA) is 69.7 Å². The predicted molar refractivity (Wildman–Crippen MR) is 102 cm³/mol. The Kier molecular flexibility index (Phi) is 4.98. The van der Waals surface area contributed by atoms with Crippen molar-refractivity contribution in [3.8, 4) is 17.2 Å². The average Bonchev–Trinajstić information content (AvgIpc) is 2.72. The third-order valence-corrected chi connectivity index (χ3v) is 4.46. The molecule has 0 radical (unpaired) electrons. The number of carbonyl (C=O) groups is 1. The van der Waals surface area contributed by atoms with Crippen LogP contribution in [0.1, 0.15) is 0 Å². The van der Waals surface area contributed by atoms with Gasteiger partial charge in [-0.05, 0) is 36.4 Å². The molecule has 0 spiro atoms. The lowest BCUT2D eigenvalue weighted by Crippen LogP contribution is -2.42. The fourth-order valence-corrected chi connectivity index (χ4v) is 3.03. The fraction of sp³-hybridized carbons (Fsp3) is 0.200. The van der Waals surface area contributed by atoms with Crippen LogP contribution < -0.4 is 19.5 Å². The van der Waals surface area contributed by atoms with E-state index in [-0.39, 0.29) is 18.6 Å². The van der Waals surface area contributed by atoms with Gasteiger partial charge in [0, 0.05) is 11.6 Å². The van der Waals surface area contributed by atoms with Crippen molar-refractivity contribution in [3.05, 3.63) is 59.8 Å². The summed E-state index contributed by atoms with van der Waals surface area (Å²) >= 11 is 6.16. The number of benzene rings is 2. The Bertz CT molecular complexity index is 979. The third-order valence-electron chi connectivity index (χ3n) is 4.13. The number of nitrogens with zero attached hydrogens (tertiary/aromatic N) is 1. The van der Waals surface area contributed by atoms with Gasteiger partial charge in [0.1, 0.15) is 24.0 Å². The van der Waals surface area contributed by atoms with E-state index in [1.165, 1.54) is 0 Å². The van der Waals surface area contributed by atoms with Gasteiger partial charge in [0.15, 0.2) is 18.1 Å². The summed E-state index contributed by atoms with van der Waals surface area (Å²) in [5, 5.41) is 4.17. The summed E-state index contributed by atoms with van der Waals surface area (Å²) < 4.78 is 17.1. The Balaban J connectivity index is 1.32. The number of amides is 1. The van der Waals surface area contributed by atoms with E-state index in [0.29, 0.717) is 40.9 Å². The van der Waals surface area contributed by atoms with Crippen molar-refractivity contribution >= 4 is 28.4 Å². The Morgan fingerprint density at radius 1 is 1.19 bits per heavy atom. The highest BCUT2D eigenvalue weighted by atomic mass is 35.5. The van der Waals surface area contributed by atoms with Gasteiger partial charge in [-0.2, -0.15) is 0 Å². The molecule has 138 valence electrons. The van der Waals surface area contributed by atoms with Crippen LogP contribution in [-0.2, 0) is 4.79 Å². The second kappa shape index (κ2) is 7.72. The van der Waals surface area contributed by atoms with Gasteiger partial charge in [-0.3, -0.25) is 9.78 Å². The van der Waals surface area contributed by atoms with Gasteiger partial charge in [-0.25, -0.2) is 0 Å². The molecule has 0 bridgehead atoms. The molecule has 1 atom stereocenters. The summed E-state index contributed by atoms with van der Waals surface area (Å²) in [6, 6.07) is 14.5. The molecule has 1 unspecified atom stereocenters. The average molecular weight is 385 g/mol. The number of nitrogens with one attached hydrogen (secondary N) is 1. The van der Waals surface area contributed by atoms with E-state index < -0.39 is 0 Å². The molecular weight excluding hydrogens is 368 g/mol. The molecule has 7 heteroatoms. The van der Waals surface area contributed by atoms with Crippen molar-refractivity contribution in [2.75, 3.05) is 19.8 Å². The summed E-state index contributed by atoms with van der Waals surface area (Å²) in [6.45, 7) is 0.581. The maximum Gasteiger partial charge on any atom is 0.258 e. The smallest absolute Gasteiger partial charge is 0.258 e. The number of rotatable bonds is 5. The highest BCUT2D eigenvalue weighted by Crippen LogP contribution is 2.31. The normalized spacial score (nSPS) is 15.4. The minimum Gasteiger partial charge on any atom is -0.486 e. The number of ether oxygens (including phenoxy) is 3. The molecule has 0 saturated carbocycles. The molecule has 6 nitrogen and oxygen atoms in total. The van der Waals surface area contributed by atoms with E-state index in [2.05, 4.69) is 10.3 Å². The first-order valence-electron chi connectivity index (χ1n) is 8.52. The Labute approximate surface area is 161 Å². The van der Waals surface area contributed by atoms with E-state index in [1.54, 1.807) is 24.4 Å². The third kappa shape index (κ3) is 3.90. The molecule has 1 N–H and O–H groups in total. The summed E-state index contributed by atoms with van der Waals surface area (Å²) in [5.41, 5.74) is 0.624. The van der Waals surface area contributed by atoms with Gasteiger partial charge in [-0.1, -0.05) is 23.7 Å². The SMILES string of the molecule is O=C(COc1ccc(Cl)c2cccnc12)NCC1COc2ccccc2O1. The second-order valence-corrected chi connectivity index (χ2v) is 6.44. The molecule has 0 fully saturated rings. The summed E-state index contributed by atoms with van der Waals surface area (Å²) in [7, 11) is 0. The molecule has 3 aromatic rings. The molecule has 4 rings (SSSR count). The molecule has 1 aliphatic heterocycles. The quantitative estimate of drug-likeness (QED) is 0.731. The molecule has 1 aromatic heterocycles. The monoisotopic (exact) mass is 384 g/mol. The van der Waals surface area contributed by atoms with Crippen LogP contribution in [0, 0.1) is 0 Å². The number of fused-ring (bicyclic) bond motifs is 2. The number of pyridine rings is 1. The number of aromatic nitrogens is 1. The second-order valence-electron chi connectivity index (χ2n) is 6.04. The van der Waals surface area contributed by atoms with Crippen LogP contribution in [0.3, 0.4) is 0 Å². The highest BCUT2D eigenvalue weighted by Gasteiger charge is 2.21. The minimum absolute atomic E-state index is 0.128. The number of carbonyl (C=O) groups excluding carboxylic acids is 1. The summed E-state index contributed by atoms with van der Waals surface area (Å²) in [6.07, 6.45) is 1.41. The molecule has 0 saturated heterocycles.